The molecule has 0 aliphatic heterocycles. The van der Waals surface area contributed by atoms with Crippen LogP contribution in [0, 0.1) is 13.8 Å². The lowest BCUT2D eigenvalue weighted by molar-refractivity contribution is 0.0911. The quantitative estimate of drug-likeness (QED) is 0.515. The highest BCUT2D eigenvalue weighted by atomic mass is 32.1. The maximum Gasteiger partial charge on any atom is 0.315 e. The van der Waals surface area contributed by atoms with Gasteiger partial charge in [-0.25, -0.2) is 9.78 Å². The molecule has 3 amide bonds. The molecule has 1 aromatic heterocycles. The van der Waals surface area contributed by atoms with E-state index in [0.717, 1.165) is 60.4 Å². The summed E-state index contributed by atoms with van der Waals surface area (Å²) in [6.45, 7) is 4.41. The number of urea groups is 1. The fourth-order valence-corrected chi connectivity index (χ4v) is 5.69. The van der Waals surface area contributed by atoms with E-state index in [9.17, 15) is 9.59 Å². The molecule has 0 saturated heterocycles. The molecule has 2 aliphatic rings. The van der Waals surface area contributed by atoms with E-state index in [1.807, 2.05) is 26.0 Å². The van der Waals surface area contributed by atoms with E-state index in [2.05, 4.69) is 27.0 Å². The maximum atomic E-state index is 12.9. The number of carbonyl (C=O) groups excluding carboxylic acids is 2. The largest absolute Gasteiger partial charge is 0.486 e. The van der Waals surface area contributed by atoms with Gasteiger partial charge in [-0.2, -0.15) is 0 Å². The molecule has 184 valence electrons. The molecule has 2 aliphatic carbocycles. The zero-order valence-electron chi connectivity index (χ0n) is 20.2. The number of aromatic nitrogens is 1. The van der Waals surface area contributed by atoms with Gasteiger partial charge in [-0.1, -0.05) is 38.2 Å². The van der Waals surface area contributed by atoms with Crippen LogP contribution in [-0.2, 0) is 6.61 Å². The number of rotatable bonds is 7. The predicted octanol–water partition coefficient (Wildman–Crippen LogP) is 5.01. The summed E-state index contributed by atoms with van der Waals surface area (Å²) in [6, 6.07) is 6.10. The molecule has 2 aromatic rings. The molecule has 3 N–H and O–H groups in total. The number of amides is 3. The highest BCUT2D eigenvalue weighted by molar-refractivity contribution is 7.09. The molecule has 4 rings (SSSR count). The number of benzene rings is 1. The summed E-state index contributed by atoms with van der Waals surface area (Å²) in [5, 5.41) is 11.9. The van der Waals surface area contributed by atoms with Crippen LogP contribution in [0.4, 0.5) is 4.79 Å². The Morgan fingerprint density at radius 3 is 2.26 bits per heavy atom. The number of hydrogen-bond donors (Lipinski definition) is 3. The van der Waals surface area contributed by atoms with Gasteiger partial charge in [-0.05, 0) is 62.8 Å². The van der Waals surface area contributed by atoms with E-state index >= 15 is 0 Å². The summed E-state index contributed by atoms with van der Waals surface area (Å²) in [5.74, 6) is 0.613. The van der Waals surface area contributed by atoms with Crippen molar-refractivity contribution in [3.63, 3.8) is 0 Å². The van der Waals surface area contributed by atoms with Gasteiger partial charge < -0.3 is 20.7 Å². The number of ether oxygens (including phenoxy) is 1. The van der Waals surface area contributed by atoms with Gasteiger partial charge in [0.15, 0.2) is 0 Å². The van der Waals surface area contributed by atoms with Gasteiger partial charge >= 0.3 is 6.03 Å². The zero-order valence-corrected chi connectivity index (χ0v) is 21.0. The lowest BCUT2D eigenvalue weighted by Gasteiger charge is -2.33. The Labute approximate surface area is 206 Å². The second-order valence-electron chi connectivity index (χ2n) is 9.66. The number of carbonyl (C=O) groups is 2. The second kappa shape index (κ2) is 11.7. The normalized spacial score (nSPS) is 21.0. The van der Waals surface area contributed by atoms with Crippen LogP contribution in [0.2, 0.25) is 0 Å². The van der Waals surface area contributed by atoms with E-state index in [1.165, 1.54) is 30.6 Å². The Kier molecular flexibility index (Phi) is 8.43. The summed E-state index contributed by atoms with van der Waals surface area (Å²) in [4.78, 5) is 29.9. The summed E-state index contributed by atoms with van der Waals surface area (Å²) in [6.07, 6.45) is 9.54. The van der Waals surface area contributed by atoms with Crippen LogP contribution >= 0.6 is 11.3 Å². The third kappa shape index (κ3) is 6.95. The highest BCUT2D eigenvalue weighted by Crippen LogP contribution is 2.22. The monoisotopic (exact) mass is 484 g/mol. The van der Waals surface area contributed by atoms with Crippen molar-refractivity contribution >= 4 is 23.3 Å². The molecule has 8 heteroatoms. The van der Waals surface area contributed by atoms with Gasteiger partial charge in [0.05, 0.1) is 6.04 Å². The second-order valence-corrected chi connectivity index (χ2v) is 10.6. The molecular weight excluding hydrogens is 448 g/mol. The molecule has 1 heterocycles. The first-order valence-electron chi connectivity index (χ1n) is 12.5. The summed E-state index contributed by atoms with van der Waals surface area (Å²) >= 11 is 1.42. The van der Waals surface area contributed by atoms with Crippen LogP contribution in [0.5, 0.6) is 5.75 Å². The van der Waals surface area contributed by atoms with Crippen molar-refractivity contribution in [1.82, 2.24) is 20.9 Å². The molecule has 1 aromatic carbocycles. The van der Waals surface area contributed by atoms with E-state index in [0.29, 0.717) is 12.3 Å². The smallest absolute Gasteiger partial charge is 0.315 e. The average molecular weight is 485 g/mol. The van der Waals surface area contributed by atoms with Crippen molar-refractivity contribution < 1.29 is 14.3 Å². The number of aryl methyl sites for hydroxylation is 2. The lowest BCUT2D eigenvalue weighted by Crippen LogP contribution is -2.56. The first-order chi connectivity index (χ1) is 16.5. The lowest BCUT2D eigenvalue weighted by atomic mass is 9.90. The van der Waals surface area contributed by atoms with Crippen molar-refractivity contribution in [2.75, 3.05) is 0 Å². The SMILES string of the molecule is Cc1cc(C)cc(OCc2nc(C(=O)N[C@H]3CCCC[C@H]3NC(=O)NC3CCCCC3)cs2)c1. The van der Waals surface area contributed by atoms with Crippen LogP contribution in [0.1, 0.15) is 84.4 Å². The fraction of sp³-hybridized carbons (Fsp3) is 0.577. The Morgan fingerprint density at radius 1 is 0.912 bits per heavy atom. The Hall–Kier alpha value is -2.61. The summed E-state index contributed by atoms with van der Waals surface area (Å²) in [7, 11) is 0. The van der Waals surface area contributed by atoms with Crippen molar-refractivity contribution in [2.24, 2.45) is 0 Å². The topological polar surface area (TPSA) is 92.3 Å². The fourth-order valence-electron chi connectivity index (χ4n) is 5.00. The van der Waals surface area contributed by atoms with Gasteiger partial charge in [0.1, 0.15) is 23.1 Å². The van der Waals surface area contributed by atoms with E-state index in [-0.39, 0.29) is 30.1 Å². The standard InChI is InChI=1S/C26H36N4O3S/c1-17-12-18(2)14-20(13-17)33-15-24-28-23(16-34-24)25(31)29-21-10-6-7-11-22(21)30-26(32)27-19-8-4-3-5-9-19/h12-14,16,19,21-22H,3-11,15H2,1-2H3,(H,29,31)(H2,27,30,32)/t21-,22+/m0/s1. The van der Waals surface area contributed by atoms with Crippen LogP contribution in [0.3, 0.4) is 0 Å². The number of nitrogens with zero attached hydrogens (tertiary/aromatic N) is 1. The average Bonchev–Trinajstić information content (AvgIpc) is 3.28. The Morgan fingerprint density at radius 2 is 1.56 bits per heavy atom. The van der Waals surface area contributed by atoms with Crippen molar-refractivity contribution in [2.45, 2.75) is 96.4 Å². The van der Waals surface area contributed by atoms with E-state index in [4.69, 9.17) is 4.74 Å². The molecule has 0 unspecified atom stereocenters. The summed E-state index contributed by atoms with van der Waals surface area (Å²) < 4.78 is 5.88. The van der Waals surface area contributed by atoms with Crippen LogP contribution in [-0.4, -0.2) is 35.0 Å². The molecule has 2 fully saturated rings. The summed E-state index contributed by atoms with van der Waals surface area (Å²) in [5.41, 5.74) is 2.70. The Balaban J connectivity index is 1.29. The molecule has 0 spiro atoms. The molecule has 0 bridgehead atoms. The van der Waals surface area contributed by atoms with Crippen LogP contribution in [0.15, 0.2) is 23.6 Å². The highest BCUT2D eigenvalue weighted by Gasteiger charge is 2.29. The first-order valence-corrected chi connectivity index (χ1v) is 13.4. The van der Waals surface area contributed by atoms with Crippen LogP contribution in [0.25, 0.3) is 0 Å². The molecule has 2 atom stereocenters. The number of nitrogens with one attached hydrogen (secondary N) is 3. The van der Waals surface area contributed by atoms with Gasteiger partial charge in [0, 0.05) is 17.5 Å². The molecule has 0 radical (unpaired) electrons. The van der Waals surface area contributed by atoms with Crippen molar-refractivity contribution in [3.8, 4) is 5.75 Å². The van der Waals surface area contributed by atoms with Crippen molar-refractivity contribution in [1.29, 1.82) is 0 Å². The van der Waals surface area contributed by atoms with E-state index < -0.39 is 0 Å². The molecule has 7 nitrogen and oxygen atoms in total. The third-order valence-corrected chi connectivity index (χ3v) is 7.50. The third-order valence-electron chi connectivity index (χ3n) is 6.68. The van der Waals surface area contributed by atoms with Crippen LogP contribution < -0.4 is 20.7 Å². The van der Waals surface area contributed by atoms with Gasteiger partial charge in [-0.15, -0.1) is 11.3 Å². The number of hydrogen-bond acceptors (Lipinski definition) is 5. The van der Waals surface area contributed by atoms with E-state index in [1.54, 1.807) is 5.38 Å². The molecule has 34 heavy (non-hydrogen) atoms. The van der Waals surface area contributed by atoms with Crippen molar-refractivity contribution in [3.05, 3.63) is 45.4 Å². The molecular formula is C26H36N4O3S. The van der Waals surface area contributed by atoms with Gasteiger partial charge in [0.25, 0.3) is 5.91 Å². The first kappa shape index (κ1) is 24.5. The minimum atomic E-state index is -0.194. The molecule has 2 saturated carbocycles. The zero-order chi connectivity index (χ0) is 23.9. The van der Waals surface area contributed by atoms with Gasteiger partial charge in [-0.3, -0.25) is 4.79 Å². The predicted molar refractivity (Wildman–Crippen MR) is 134 cm³/mol. The van der Waals surface area contributed by atoms with Gasteiger partial charge in [0.2, 0.25) is 0 Å². The Bertz CT molecular complexity index is 966. The maximum absolute atomic E-state index is 12.9. The minimum absolute atomic E-state index is 0.0627. The minimum Gasteiger partial charge on any atom is -0.486 e. The number of thiazole rings is 1.